The molecule has 2 fully saturated rings. The molecule has 0 aliphatic carbocycles. The molecular formula is C33H42ClF2N3O3. The maximum Gasteiger partial charge on any atom is 0.287 e. The molecule has 2 amide bonds. The standard InChI is InChI=1S/C33H42ClF2N3O3/c1-5-21-42-33(32(2,35)36,26-9-7-6-8-10-26)31(41)39-19-15-25(16-20-39)22-24-13-17-38(18-14-24)27-11-12-28(29(34)23-27)30(40)37(3)4/h5-12,23-25H,1,13-22H2,2-4H3/t33-/m1/s1. The van der Waals surface area contributed by atoms with Gasteiger partial charge in [-0.25, -0.2) is 8.78 Å². The summed E-state index contributed by atoms with van der Waals surface area (Å²) in [7, 11) is 3.42. The number of ether oxygens (including phenoxy) is 1. The smallest absolute Gasteiger partial charge is 0.287 e. The highest BCUT2D eigenvalue weighted by Gasteiger charge is 2.60. The van der Waals surface area contributed by atoms with Gasteiger partial charge in [-0.2, -0.15) is 0 Å². The van der Waals surface area contributed by atoms with E-state index in [1.807, 2.05) is 12.1 Å². The molecule has 0 aromatic heterocycles. The van der Waals surface area contributed by atoms with Crippen LogP contribution in [0, 0.1) is 11.8 Å². The van der Waals surface area contributed by atoms with Crippen molar-refractivity contribution in [3.63, 3.8) is 0 Å². The molecule has 0 saturated carbocycles. The highest BCUT2D eigenvalue weighted by Crippen LogP contribution is 2.43. The first-order valence-electron chi connectivity index (χ1n) is 14.7. The van der Waals surface area contributed by atoms with E-state index in [4.69, 9.17) is 16.3 Å². The molecule has 42 heavy (non-hydrogen) atoms. The number of nitrogens with zero attached hydrogens (tertiary/aromatic N) is 3. The van der Waals surface area contributed by atoms with Crippen LogP contribution in [-0.4, -0.2) is 74.4 Å². The Morgan fingerprint density at radius 1 is 1.02 bits per heavy atom. The molecule has 0 spiro atoms. The molecule has 1 atom stereocenters. The quantitative estimate of drug-likeness (QED) is 0.287. The molecule has 2 saturated heterocycles. The summed E-state index contributed by atoms with van der Waals surface area (Å²) >= 11 is 6.44. The lowest BCUT2D eigenvalue weighted by molar-refractivity contribution is -0.214. The minimum atomic E-state index is -3.44. The Balaban J connectivity index is 1.34. The zero-order valence-electron chi connectivity index (χ0n) is 24.8. The molecule has 0 bridgehead atoms. The third-order valence-corrected chi connectivity index (χ3v) is 8.97. The summed E-state index contributed by atoms with van der Waals surface area (Å²) in [4.78, 5) is 31.5. The van der Waals surface area contributed by atoms with Crippen molar-refractivity contribution in [2.45, 2.75) is 50.6 Å². The van der Waals surface area contributed by atoms with Gasteiger partial charge in [0.05, 0.1) is 17.2 Å². The fourth-order valence-corrected chi connectivity index (χ4v) is 6.56. The highest BCUT2D eigenvalue weighted by molar-refractivity contribution is 6.34. The maximum atomic E-state index is 15.3. The third kappa shape index (κ3) is 6.81. The molecule has 0 N–H and O–H groups in total. The fourth-order valence-electron chi connectivity index (χ4n) is 6.30. The third-order valence-electron chi connectivity index (χ3n) is 8.65. The molecule has 2 aliphatic heterocycles. The number of amides is 2. The second kappa shape index (κ2) is 13.6. The Hall–Kier alpha value is -2.97. The number of carbonyl (C=O) groups is 2. The summed E-state index contributed by atoms with van der Waals surface area (Å²) in [5.74, 6) is -3.23. The molecule has 228 valence electrons. The zero-order chi connectivity index (χ0) is 30.5. The molecular weight excluding hydrogens is 560 g/mol. The number of benzene rings is 2. The summed E-state index contributed by atoms with van der Waals surface area (Å²) in [6.45, 7) is 6.87. The lowest BCUT2D eigenvalue weighted by Gasteiger charge is -2.43. The number of hydrogen-bond acceptors (Lipinski definition) is 4. The summed E-state index contributed by atoms with van der Waals surface area (Å²) in [5.41, 5.74) is -0.725. The van der Waals surface area contributed by atoms with E-state index in [2.05, 4.69) is 11.5 Å². The van der Waals surface area contributed by atoms with Crippen molar-refractivity contribution in [2.24, 2.45) is 11.8 Å². The van der Waals surface area contributed by atoms with Crippen molar-refractivity contribution in [2.75, 3.05) is 51.8 Å². The first-order chi connectivity index (χ1) is 20.0. The van der Waals surface area contributed by atoms with Crippen molar-refractivity contribution in [3.8, 4) is 0 Å². The predicted octanol–water partition coefficient (Wildman–Crippen LogP) is 6.64. The van der Waals surface area contributed by atoms with Crippen LogP contribution in [0.2, 0.25) is 5.02 Å². The summed E-state index contributed by atoms with van der Waals surface area (Å²) < 4.78 is 36.2. The molecule has 4 rings (SSSR count). The van der Waals surface area contributed by atoms with Gasteiger partial charge >= 0.3 is 0 Å². The molecule has 0 unspecified atom stereocenters. The monoisotopic (exact) mass is 601 g/mol. The SMILES string of the molecule is C=CCO[C@@](C(=O)N1CCC(CC2CCN(c3ccc(C(=O)N(C)C)c(Cl)c3)CC2)CC1)(c1ccccc1)C(C)(F)F. The van der Waals surface area contributed by atoms with Crippen LogP contribution in [0.4, 0.5) is 14.5 Å². The van der Waals surface area contributed by atoms with Crippen molar-refractivity contribution >= 4 is 29.1 Å². The fraction of sp³-hybridized carbons (Fsp3) is 0.515. The zero-order valence-corrected chi connectivity index (χ0v) is 25.6. The second-order valence-electron chi connectivity index (χ2n) is 11.8. The molecule has 2 aromatic carbocycles. The summed E-state index contributed by atoms with van der Waals surface area (Å²) in [6.07, 6.45) is 6.11. The molecule has 2 aliphatic rings. The van der Waals surface area contributed by atoms with Gasteiger partial charge in [-0.15, -0.1) is 6.58 Å². The van der Waals surface area contributed by atoms with E-state index in [1.54, 1.807) is 43.3 Å². The van der Waals surface area contributed by atoms with Crippen molar-refractivity contribution in [3.05, 3.63) is 77.3 Å². The largest absolute Gasteiger partial charge is 0.371 e. The van der Waals surface area contributed by atoms with Gasteiger partial charge in [0.15, 0.2) is 0 Å². The normalized spacial score (nSPS) is 18.4. The van der Waals surface area contributed by atoms with Gasteiger partial charge in [0.1, 0.15) is 0 Å². The van der Waals surface area contributed by atoms with E-state index in [0.29, 0.717) is 35.5 Å². The van der Waals surface area contributed by atoms with Crippen molar-refractivity contribution in [1.29, 1.82) is 0 Å². The number of rotatable bonds is 10. The topological polar surface area (TPSA) is 53.1 Å². The Morgan fingerprint density at radius 3 is 2.14 bits per heavy atom. The van der Waals surface area contributed by atoms with Gasteiger partial charge in [0.25, 0.3) is 17.7 Å². The first-order valence-corrected chi connectivity index (χ1v) is 15.1. The average molecular weight is 602 g/mol. The van der Waals surface area contributed by atoms with Crippen LogP contribution in [0.1, 0.15) is 54.9 Å². The van der Waals surface area contributed by atoms with Gasteiger partial charge in [-0.3, -0.25) is 9.59 Å². The number of halogens is 3. The summed E-state index contributed by atoms with van der Waals surface area (Å²) in [6, 6.07) is 13.7. The summed E-state index contributed by atoms with van der Waals surface area (Å²) in [5, 5.41) is 0.460. The van der Waals surface area contributed by atoms with Crippen LogP contribution in [-0.2, 0) is 15.1 Å². The van der Waals surface area contributed by atoms with Crippen LogP contribution in [0.5, 0.6) is 0 Å². The van der Waals surface area contributed by atoms with Gasteiger partial charge in [-0.1, -0.05) is 48.0 Å². The van der Waals surface area contributed by atoms with Crippen molar-refractivity contribution in [1.82, 2.24) is 9.80 Å². The van der Waals surface area contributed by atoms with Crippen LogP contribution in [0.15, 0.2) is 61.2 Å². The van der Waals surface area contributed by atoms with E-state index in [-0.39, 0.29) is 18.1 Å². The maximum absolute atomic E-state index is 15.3. The molecule has 2 heterocycles. The van der Waals surface area contributed by atoms with Crippen LogP contribution >= 0.6 is 11.6 Å². The Bertz CT molecular complexity index is 1240. The molecule has 9 heteroatoms. The van der Waals surface area contributed by atoms with Crippen LogP contribution in [0.25, 0.3) is 0 Å². The van der Waals surface area contributed by atoms with E-state index >= 15 is 8.78 Å². The lowest BCUT2D eigenvalue weighted by atomic mass is 9.81. The highest BCUT2D eigenvalue weighted by atomic mass is 35.5. The number of hydrogen-bond donors (Lipinski definition) is 0. The molecule has 6 nitrogen and oxygen atoms in total. The van der Waals surface area contributed by atoms with E-state index < -0.39 is 17.4 Å². The lowest BCUT2D eigenvalue weighted by Crippen LogP contribution is -2.59. The van der Waals surface area contributed by atoms with E-state index in [0.717, 1.165) is 57.8 Å². The number of likely N-dealkylation sites (tertiary alicyclic amines) is 1. The Kier molecular flexibility index (Phi) is 10.3. The minimum Gasteiger partial charge on any atom is -0.371 e. The average Bonchev–Trinajstić information content (AvgIpc) is 2.97. The molecule has 0 radical (unpaired) electrons. The van der Waals surface area contributed by atoms with Gasteiger partial charge < -0.3 is 19.4 Å². The molecule has 2 aromatic rings. The predicted molar refractivity (Wildman–Crippen MR) is 163 cm³/mol. The Labute approximate surface area is 253 Å². The first kappa shape index (κ1) is 32.0. The van der Waals surface area contributed by atoms with E-state index in [1.165, 1.54) is 23.1 Å². The second-order valence-corrected chi connectivity index (χ2v) is 12.2. The van der Waals surface area contributed by atoms with Crippen LogP contribution < -0.4 is 4.90 Å². The number of carbonyl (C=O) groups excluding carboxylic acids is 2. The van der Waals surface area contributed by atoms with E-state index in [9.17, 15) is 9.59 Å². The number of piperidine rings is 2. The van der Waals surface area contributed by atoms with Crippen molar-refractivity contribution < 1.29 is 23.1 Å². The minimum absolute atomic E-state index is 0.114. The van der Waals surface area contributed by atoms with Crippen LogP contribution in [0.3, 0.4) is 0 Å². The Morgan fingerprint density at radius 2 is 1.62 bits per heavy atom. The van der Waals surface area contributed by atoms with Gasteiger partial charge in [0.2, 0.25) is 5.60 Å². The number of alkyl halides is 2. The van der Waals surface area contributed by atoms with Gasteiger partial charge in [0, 0.05) is 52.9 Å². The van der Waals surface area contributed by atoms with Gasteiger partial charge in [-0.05, 0) is 67.7 Å². The number of anilines is 1.